The molecule has 0 heterocycles. The van der Waals surface area contributed by atoms with Crippen LogP contribution in [-0.2, 0) is 16.6 Å². The number of hydrogen-bond donors (Lipinski definition) is 1. The lowest BCUT2D eigenvalue weighted by atomic mass is 10.1. The highest BCUT2D eigenvalue weighted by molar-refractivity contribution is 7.92. The van der Waals surface area contributed by atoms with Crippen molar-refractivity contribution in [1.29, 1.82) is 0 Å². The van der Waals surface area contributed by atoms with E-state index in [2.05, 4.69) is 10.5 Å². The Morgan fingerprint density at radius 3 is 2.21 bits per heavy atom. The number of hydrogen-bond acceptors (Lipinski definition) is 5. The summed E-state index contributed by atoms with van der Waals surface area (Å²) in [5.74, 6) is 0.356. The van der Waals surface area contributed by atoms with E-state index in [0.29, 0.717) is 34.2 Å². The van der Waals surface area contributed by atoms with Gasteiger partial charge >= 0.3 is 0 Å². The Morgan fingerprint density at radius 1 is 1.00 bits per heavy atom. The lowest BCUT2D eigenvalue weighted by Gasteiger charge is -2.23. The molecule has 0 aliphatic heterocycles. The van der Waals surface area contributed by atoms with Crippen LogP contribution in [0.2, 0.25) is 5.02 Å². The Hall–Kier alpha value is -3.36. The topological polar surface area (TPSA) is 88.1 Å². The zero-order chi connectivity index (χ0) is 24.7. The molecule has 3 aromatic carbocycles. The summed E-state index contributed by atoms with van der Waals surface area (Å²) in [4.78, 5) is 12.5. The molecule has 0 bridgehead atoms. The molecule has 1 amide bonds. The van der Waals surface area contributed by atoms with Gasteiger partial charge in [-0.05, 0) is 79.6 Å². The van der Waals surface area contributed by atoms with Crippen LogP contribution >= 0.6 is 11.6 Å². The number of carbonyl (C=O) groups excluding carboxylic acids is 1. The van der Waals surface area contributed by atoms with Crippen molar-refractivity contribution in [2.45, 2.75) is 20.4 Å². The Balaban J connectivity index is 1.72. The zero-order valence-electron chi connectivity index (χ0n) is 19.2. The van der Waals surface area contributed by atoms with Crippen LogP contribution in [0.25, 0.3) is 0 Å². The van der Waals surface area contributed by atoms with Crippen molar-refractivity contribution in [2.75, 3.05) is 17.2 Å². The average molecular weight is 500 g/mol. The van der Waals surface area contributed by atoms with Gasteiger partial charge in [0.05, 0.1) is 30.8 Å². The third kappa shape index (κ3) is 6.59. The minimum Gasteiger partial charge on any atom is -0.494 e. The summed E-state index contributed by atoms with van der Waals surface area (Å²) in [5.41, 5.74) is 5.46. The highest BCUT2D eigenvalue weighted by Gasteiger charge is 2.19. The minimum absolute atomic E-state index is 0.0790. The predicted octanol–water partition coefficient (Wildman–Crippen LogP) is 4.86. The van der Waals surface area contributed by atoms with E-state index in [4.69, 9.17) is 16.3 Å². The third-order valence-corrected chi connectivity index (χ3v) is 6.51. The van der Waals surface area contributed by atoms with Gasteiger partial charge in [-0.25, -0.2) is 13.8 Å². The van der Waals surface area contributed by atoms with Crippen LogP contribution in [0, 0.1) is 0 Å². The first-order valence-corrected chi connectivity index (χ1v) is 12.8. The number of nitrogens with zero attached hydrogens (tertiary/aromatic N) is 2. The van der Waals surface area contributed by atoms with E-state index < -0.39 is 15.9 Å². The lowest BCUT2D eigenvalue weighted by molar-refractivity contribution is 0.0955. The second-order valence-corrected chi connectivity index (χ2v) is 9.82. The van der Waals surface area contributed by atoms with Gasteiger partial charge in [-0.1, -0.05) is 29.8 Å². The maximum Gasteiger partial charge on any atom is 0.271 e. The molecule has 0 fully saturated rings. The Morgan fingerprint density at radius 2 is 1.62 bits per heavy atom. The quantitative estimate of drug-likeness (QED) is 0.336. The molecule has 0 radical (unpaired) electrons. The van der Waals surface area contributed by atoms with Crippen LogP contribution in [0.15, 0.2) is 77.9 Å². The fourth-order valence-electron chi connectivity index (χ4n) is 3.18. The minimum atomic E-state index is -3.58. The van der Waals surface area contributed by atoms with Crippen molar-refractivity contribution in [1.82, 2.24) is 5.43 Å². The maximum atomic E-state index is 12.5. The molecule has 9 heteroatoms. The summed E-state index contributed by atoms with van der Waals surface area (Å²) >= 11 is 6.21. The van der Waals surface area contributed by atoms with E-state index in [0.717, 1.165) is 17.6 Å². The summed E-state index contributed by atoms with van der Waals surface area (Å²) in [5, 5.41) is 4.64. The van der Waals surface area contributed by atoms with Gasteiger partial charge in [0.1, 0.15) is 5.75 Å². The summed E-state index contributed by atoms with van der Waals surface area (Å²) in [6, 6.07) is 20.7. The largest absolute Gasteiger partial charge is 0.494 e. The molecule has 0 saturated heterocycles. The normalized spacial score (nSPS) is 11.7. The summed E-state index contributed by atoms with van der Waals surface area (Å²) < 4.78 is 31.5. The molecule has 0 aliphatic carbocycles. The molecule has 178 valence electrons. The molecule has 3 rings (SSSR count). The molecule has 3 aromatic rings. The number of rotatable bonds is 9. The number of nitrogens with one attached hydrogen (secondary N) is 1. The third-order valence-electron chi connectivity index (χ3n) is 5.00. The molecule has 0 spiro atoms. The number of benzene rings is 3. The van der Waals surface area contributed by atoms with Crippen molar-refractivity contribution < 1.29 is 17.9 Å². The van der Waals surface area contributed by atoms with E-state index >= 15 is 0 Å². The highest BCUT2D eigenvalue weighted by atomic mass is 35.5. The van der Waals surface area contributed by atoms with Gasteiger partial charge in [0.15, 0.2) is 0 Å². The van der Waals surface area contributed by atoms with E-state index in [1.165, 1.54) is 4.31 Å². The number of amides is 1. The monoisotopic (exact) mass is 499 g/mol. The number of hydrazone groups is 1. The van der Waals surface area contributed by atoms with Crippen molar-refractivity contribution in [2.24, 2.45) is 5.10 Å². The summed E-state index contributed by atoms with van der Waals surface area (Å²) in [6.07, 6.45) is 1.13. The van der Waals surface area contributed by atoms with Gasteiger partial charge in [-0.15, -0.1) is 0 Å². The Kier molecular flexibility index (Phi) is 8.31. The summed E-state index contributed by atoms with van der Waals surface area (Å²) in [6.45, 7) is 4.37. The number of sulfonamides is 1. The van der Waals surface area contributed by atoms with Crippen LogP contribution in [0.3, 0.4) is 0 Å². The van der Waals surface area contributed by atoms with Gasteiger partial charge < -0.3 is 4.74 Å². The standard InChI is InChI=1S/C25H26ClN3O4S/c1-4-33-23-15-11-19(12-16-23)18(2)27-28-25(30)20-9-13-22(14-10-20)29(34(3,31)32)17-21-7-5-6-8-24(21)26/h5-16H,4,17H2,1-3H3,(H,28,30)/b27-18-. The lowest BCUT2D eigenvalue weighted by Crippen LogP contribution is -2.29. The second-order valence-electron chi connectivity index (χ2n) is 7.50. The SMILES string of the molecule is CCOc1ccc(/C(C)=N\NC(=O)c2ccc(N(Cc3ccccc3Cl)S(C)(=O)=O)cc2)cc1. The van der Waals surface area contributed by atoms with Crippen LogP contribution < -0.4 is 14.5 Å². The second kappa shape index (κ2) is 11.2. The molecule has 0 unspecified atom stereocenters. The molecule has 0 aromatic heterocycles. The highest BCUT2D eigenvalue weighted by Crippen LogP contribution is 2.24. The van der Waals surface area contributed by atoms with Gasteiger partial charge in [-0.3, -0.25) is 9.10 Å². The van der Waals surface area contributed by atoms with Crippen molar-refractivity contribution in [3.63, 3.8) is 0 Å². The smallest absolute Gasteiger partial charge is 0.271 e. The molecule has 0 aliphatic rings. The maximum absolute atomic E-state index is 12.5. The van der Waals surface area contributed by atoms with E-state index in [-0.39, 0.29) is 6.54 Å². The molecule has 0 saturated carbocycles. The van der Waals surface area contributed by atoms with Gasteiger partial charge in [0.25, 0.3) is 5.91 Å². The van der Waals surface area contributed by atoms with Gasteiger partial charge in [0, 0.05) is 10.6 Å². The summed E-state index contributed by atoms with van der Waals surface area (Å²) in [7, 11) is -3.58. The van der Waals surface area contributed by atoms with Crippen LogP contribution in [-0.4, -0.2) is 32.9 Å². The Labute approximate surface area is 205 Å². The molecule has 0 atom stereocenters. The molecule has 1 N–H and O–H groups in total. The predicted molar refractivity (Wildman–Crippen MR) is 136 cm³/mol. The number of anilines is 1. The number of carbonyl (C=O) groups is 1. The first-order chi connectivity index (χ1) is 16.2. The average Bonchev–Trinajstić information content (AvgIpc) is 2.82. The van der Waals surface area contributed by atoms with Crippen LogP contribution in [0.5, 0.6) is 5.75 Å². The van der Waals surface area contributed by atoms with Gasteiger partial charge in [0.2, 0.25) is 10.0 Å². The zero-order valence-corrected chi connectivity index (χ0v) is 20.7. The molecule has 34 heavy (non-hydrogen) atoms. The van der Waals surface area contributed by atoms with Crippen molar-refractivity contribution in [3.8, 4) is 5.75 Å². The fourth-order valence-corrected chi connectivity index (χ4v) is 4.26. The van der Waals surface area contributed by atoms with E-state index in [9.17, 15) is 13.2 Å². The van der Waals surface area contributed by atoms with E-state index in [1.54, 1.807) is 55.5 Å². The number of ether oxygens (including phenoxy) is 1. The van der Waals surface area contributed by atoms with Crippen LogP contribution in [0.1, 0.15) is 35.3 Å². The number of halogens is 1. The Bertz CT molecular complexity index is 1270. The van der Waals surface area contributed by atoms with Gasteiger partial charge in [-0.2, -0.15) is 5.10 Å². The molecule has 7 nitrogen and oxygen atoms in total. The fraction of sp³-hybridized carbons (Fsp3) is 0.200. The van der Waals surface area contributed by atoms with E-state index in [1.807, 2.05) is 31.2 Å². The molecular weight excluding hydrogens is 474 g/mol. The van der Waals surface area contributed by atoms with Crippen LogP contribution in [0.4, 0.5) is 5.69 Å². The van der Waals surface area contributed by atoms with Crippen molar-refractivity contribution in [3.05, 3.63) is 94.5 Å². The first kappa shape index (κ1) is 25.3. The molecular formula is C25H26ClN3O4S. The first-order valence-electron chi connectivity index (χ1n) is 10.6. The van der Waals surface area contributed by atoms with Crippen molar-refractivity contribution >= 4 is 38.9 Å².